The Balaban J connectivity index is 2.14. The standard InChI is InChI=1S/C14H20ClNO/c1-16-8-7-12(10-3-4-10)11-5-6-14(17-2)13(15)9-11/h5-6,9-10,12,16H,3-4,7-8H2,1-2H3. The minimum Gasteiger partial charge on any atom is -0.495 e. The molecular formula is C14H20ClNO. The second-order valence-corrected chi connectivity index (χ2v) is 5.14. The van der Waals surface area contributed by atoms with E-state index in [1.54, 1.807) is 7.11 Å². The van der Waals surface area contributed by atoms with Crippen molar-refractivity contribution in [3.8, 4) is 5.75 Å². The first-order valence-corrected chi connectivity index (χ1v) is 6.62. The molecular weight excluding hydrogens is 234 g/mol. The van der Waals surface area contributed by atoms with Crippen LogP contribution in [0.1, 0.15) is 30.7 Å². The molecule has 94 valence electrons. The van der Waals surface area contributed by atoms with Crippen LogP contribution in [0.5, 0.6) is 5.75 Å². The van der Waals surface area contributed by atoms with Crippen LogP contribution in [-0.2, 0) is 0 Å². The van der Waals surface area contributed by atoms with Gasteiger partial charge in [-0.25, -0.2) is 0 Å². The Morgan fingerprint density at radius 3 is 2.76 bits per heavy atom. The van der Waals surface area contributed by atoms with Crippen molar-refractivity contribution in [1.82, 2.24) is 5.32 Å². The van der Waals surface area contributed by atoms with Gasteiger partial charge in [0.2, 0.25) is 0 Å². The first-order chi connectivity index (χ1) is 8.26. The Bertz CT molecular complexity index is 376. The van der Waals surface area contributed by atoms with Gasteiger partial charge in [-0.05, 0) is 62.4 Å². The summed E-state index contributed by atoms with van der Waals surface area (Å²) in [5.41, 5.74) is 1.36. The zero-order valence-electron chi connectivity index (χ0n) is 10.5. The van der Waals surface area contributed by atoms with Crippen LogP contribution in [0.4, 0.5) is 0 Å². The van der Waals surface area contributed by atoms with Gasteiger partial charge in [-0.3, -0.25) is 0 Å². The quantitative estimate of drug-likeness (QED) is 0.839. The molecule has 0 bridgehead atoms. The number of methoxy groups -OCH3 is 1. The molecule has 1 N–H and O–H groups in total. The topological polar surface area (TPSA) is 21.3 Å². The molecule has 1 aromatic carbocycles. The fourth-order valence-electron chi connectivity index (χ4n) is 2.39. The van der Waals surface area contributed by atoms with Crippen molar-refractivity contribution >= 4 is 11.6 Å². The molecule has 0 heterocycles. The second-order valence-electron chi connectivity index (χ2n) is 4.73. The number of benzene rings is 1. The summed E-state index contributed by atoms with van der Waals surface area (Å²) in [6.45, 7) is 1.06. The first-order valence-electron chi connectivity index (χ1n) is 6.24. The molecule has 1 saturated carbocycles. The van der Waals surface area contributed by atoms with E-state index in [4.69, 9.17) is 16.3 Å². The molecule has 0 saturated heterocycles. The SMILES string of the molecule is CNCCC(c1ccc(OC)c(Cl)c1)C1CC1. The van der Waals surface area contributed by atoms with E-state index < -0.39 is 0 Å². The summed E-state index contributed by atoms with van der Waals surface area (Å²) in [5, 5.41) is 3.95. The Morgan fingerprint density at radius 2 is 2.24 bits per heavy atom. The van der Waals surface area contributed by atoms with Gasteiger partial charge in [-0.1, -0.05) is 17.7 Å². The lowest BCUT2D eigenvalue weighted by atomic mass is 9.91. The van der Waals surface area contributed by atoms with Crippen molar-refractivity contribution in [2.75, 3.05) is 20.7 Å². The number of halogens is 1. The van der Waals surface area contributed by atoms with E-state index in [1.807, 2.05) is 13.1 Å². The van der Waals surface area contributed by atoms with Crippen LogP contribution in [0, 0.1) is 5.92 Å². The summed E-state index contributed by atoms with van der Waals surface area (Å²) in [5.74, 6) is 2.26. The van der Waals surface area contributed by atoms with Gasteiger partial charge >= 0.3 is 0 Å². The Labute approximate surface area is 108 Å². The molecule has 2 rings (SSSR count). The maximum Gasteiger partial charge on any atom is 0.137 e. The van der Waals surface area contributed by atoms with Crippen LogP contribution < -0.4 is 10.1 Å². The summed E-state index contributed by atoms with van der Waals surface area (Å²) >= 11 is 6.19. The van der Waals surface area contributed by atoms with Crippen LogP contribution >= 0.6 is 11.6 Å². The van der Waals surface area contributed by atoms with Crippen molar-refractivity contribution in [1.29, 1.82) is 0 Å². The average Bonchev–Trinajstić information content (AvgIpc) is 3.14. The molecule has 1 fully saturated rings. The Morgan fingerprint density at radius 1 is 1.47 bits per heavy atom. The normalized spacial score (nSPS) is 16.9. The summed E-state index contributed by atoms with van der Waals surface area (Å²) < 4.78 is 5.19. The second kappa shape index (κ2) is 5.74. The van der Waals surface area contributed by atoms with Gasteiger partial charge in [0.25, 0.3) is 0 Å². The van der Waals surface area contributed by atoms with Crippen molar-refractivity contribution in [3.05, 3.63) is 28.8 Å². The molecule has 0 aliphatic heterocycles. The van der Waals surface area contributed by atoms with Crippen LogP contribution in [0.3, 0.4) is 0 Å². The fraction of sp³-hybridized carbons (Fsp3) is 0.571. The van der Waals surface area contributed by atoms with Crippen LogP contribution in [-0.4, -0.2) is 20.7 Å². The number of hydrogen-bond donors (Lipinski definition) is 1. The van der Waals surface area contributed by atoms with E-state index in [0.29, 0.717) is 5.92 Å². The maximum atomic E-state index is 6.19. The summed E-state index contributed by atoms with van der Waals surface area (Å²) in [6, 6.07) is 6.20. The van der Waals surface area contributed by atoms with Crippen LogP contribution in [0.25, 0.3) is 0 Å². The van der Waals surface area contributed by atoms with E-state index in [9.17, 15) is 0 Å². The maximum absolute atomic E-state index is 6.19. The lowest BCUT2D eigenvalue weighted by Crippen LogP contribution is -2.13. The van der Waals surface area contributed by atoms with Gasteiger partial charge in [0, 0.05) is 0 Å². The van der Waals surface area contributed by atoms with Crippen LogP contribution in [0.2, 0.25) is 5.02 Å². The molecule has 1 atom stereocenters. The van der Waals surface area contributed by atoms with Gasteiger partial charge in [0.15, 0.2) is 0 Å². The summed E-state index contributed by atoms with van der Waals surface area (Å²) in [6.07, 6.45) is 3.90. The zero-order valence-corrected chi connectivity index (χ0v) is 11.3. The van der Waals surface area contributed by atoms with E-state index >= 15 is 0 Å². The van der Waals surface area contributed by atoms with Gasteiger partial charge in [-0.15, -0.1) is 0 Å². The van der Waals surface area contributed by atoms with Gasteiger partial charge < -0.3 is 10.1 Å². The highest BCUT2D eigenvalue weighted by Crippen LogP contribution is 2.45. The lowest BCUT2D eigenvalue weighted by molar-refractivity contribution is 0.414. The third-order valence-electron chi connectivity index (χ3n) is 3.50. The van der Waals surface area contributed by atoms with E-state index in [0.717, 1.165) is 23.2 Å². The molecule has 1 unspecified atom stereocenters. The summed E-state index contributed by atoms with van der Waals surface area (Å²) in [4.78, 5) is 0. The fourth-order valence-corrected chi connectivity index (χ4v) is 2.65. The highest BCUT2D eigenvalue weighted by Gasteiger charge is 2.31. The first kappa shape index (κ1) is 12.7. The molecule has 1 aliphatic rings. The third kappa shape index (κ3) is 3.14. The summed E-state index contributed by atoms with van der Waals surface area (Å²) in [7, 11) is 3.66. The van der Waals surface area contributed by atoms with Gasteiger partial charge in [-0.2, -0.15) is 0 Å². The average molecular weight is 254 g/mol. The smallest absolute Gasteiger partial charge is 0.137 e. The molecule has 1 aliphatic carbocycles. The molecule has 1 aromatic rings. The predicted octanol–water partition coefficient (Wildman–Crippen LogP) is 3.45. The van der Waals surface area contributed by atoms with Crippen molar-refractivity contribution in [2.24, 2.45) is 5.92 Å². The molecule has 17 heavy (non-hydrogen) atoms. The Hall–Kier alpha value is -0.730. The van der Waals surface area contributed by atoms with Crippen molar-refractivity contribution in [2.45, 2.75) is 25.2 Å². The number of rotatable bonds is 6. The van der Waals surface area contributed by atoms with Crippen molar-refractivity contribution < 1.29 is 4.74 Å². The largest absolute Gasteiger partial charge is 0.495 e. The zero-order chi connectivity index (χ0) is 12.3. The lowest BCUT2D eigenvalue weighted by Gasteiger charge is -2.17. The molecule has 0 amide bonds. The monoisotopic (exact) mass is 253 g/mol. The van der Waals surface area contributed by atoms with Crippen molar-refractivity contribution in [3.63, 3.8) is 0 Å². The molecule has 0 radical (unpaired) electrons. The van der Waals surface area contributed by atoms with E-state index in [2.05, 4.69) is 17.4 Å². The van der Waals surface area contributed by atoms with Gasteiger partial charge in [0.1, 0.15) is 5.75 Å². The van der Waals surface area contributed by atoms with Gasteiger partial charge in [0.05, 0.1) is 12.1 Å². The highest BCUT2D eigenvalue weighted by molar-refractivity contribution is 6.32. The highest BCUT2D eigenvalue weighted by atomic mass is 35.5. The van der Waals surface area contributed by atoms with Crippen LogP contribution in [0.15, 0.2) is 18.2 Å². The Kier molecular flexibility index (Phi) is 4.30. The minimum atomic E-state index is 0.644. The van der Waals surface area contributed by atoms with E-state index in [-0.39, 0.29) is 0 Å². The molecule has 0 aromatic heterocycles. The number of hydrogen-bond acceptors (Lipinski definition) is 2. The molecule has 3 heteroatoms. The number of nitrogens with one attached hydrogen (secondary N) is 1. The molecule has 0 spiro atoms. The van der Waals surface area contributed by atoms with E-state index in [1.165, 1.54) is 24.8 Å². The third-order valence-corrected chi connectivity index (χ3v) is 3.80. The predicted molar refractivity (Wildman–Crippen MR) is 72.0 cm³/mol. The molecule has 2 nitrogen and oxygen atoms in total. The minimum absolute atomic E-state index is 0.644. The number of ether oxygens (including phenoxy) is 1.